The lowest BCUT2D eigenvalue weighted by atomic mass is 10.1. The van der Waals surface area contributed by atoms with Gasteiger partial charge in [0.05, 0.1) is 10.5 Å². The summed E-state index contributed by atoms with van der Waals surface area (Å²) < 4.78 is 1.69. The van der Waals surface area contributed by atoms with E-state index >= 15 is 0 Å². The van der Waals surface area contributed by atoms with Gasteiger partial charge in [-0.15, -0.1) is 0 Å². The third-order valence-corrected chi connectivity index (χ3v) is 3.50. The van der Waals surface area contributed by atoms with E-state index in [1.165, 1.54) is 5.56 Å². The van der Waals surface area contributed by atoms with E-state index in [2.05, 4.69) is 17.2 Å². The minimum atomic E-state index is 0.513. The maximum Gasteiger partial charge on any atom is 0.153 e. The van der Waals surface area contributed by atoms with Crippen molar-refractivity contribution in [3.05, 3.63) is 70.0 Å². The van der Waals surface area contributed by atoms with Crippen LogP contribution in [0.1, 0.15) is 11.1 Å². The molecule has 0 aliphatic carbocycles. The number of aromatic nitrogens is 2. The van der Waals surface area contributed by atoms with Crippen LogP contribution in [0.5, 0.6) is 0 Å². The SMILES string of the molecule is Clc1nn2ccc(Cl)c2cc1Cc1ccccc1. The average molecular weight is 277 g/mol. The molecule has 0 radical (unpaired) electrons. The van der Waals surface area contributed by atoms with Crippen molar-refractivity contribution in [1.82, 2.24) is 9.61 Å². The molecule has 90 valence electrons. The molecule has 0 spiro atoms. The fourth-order valence-corrected chi connectivity index (χ4v) is 2.36. The molecule has 1 aromatic carbocycles. The van der Waals surface area contributed by atoms with E-state index in [0.29, 0.717) is 10.2 Å². The van der Waals surface area contributed by atoms with Gasteiger partial charge in [0.1, 0.15) is 0 Å². The molecule has 2 aromatic heterocycles. The Labute approximate surface area is 115 Å². The summed E-state index contributed by atoms with van der Waals surface area (Å²) in [6, 6.07) is 14.0. The molecule has 0 N–H and O–H groups in total. The first-order chi connectivity index (χ1) is 8.74. The van der Waals surface area contributed by atoms with Crippen molar-refractivity contribution in [3.8, 4) is 0 Å². The second kappa shape index (κ2) is 4.63. The lowest BCUT2D eigenvalue weighted by Crippen LogP contribution is -1.97. The Morgan fingerprint density at radius 1 is 1.06 bits per heavy atom. The highest BCUT2D eigenvalue weighted by atomic mass is 35.5. The molecule has 3 aromatic rings. The molecular formula is C14H10Cl2N2. The molecule has 0 aliphatic heterocycles. The summed E-state index contributed by atoms with van der Waals surface area (Å²) in [6.07, 6.45) is 2.56. The van der Waals surface area contributed by atoms with Gasteiger partial charge in [0.15, 0.2) is 5.15 Å². The summed E-state index contributed by atoms with van der Waals surface area (Å²) in [5.74, 6) is 0. The van der Waals surface area contributed by atoms with Crippen LogP contribution >= 0.6 is 23.2 Å². The molecule has 2 nitrogen and oxygen atoms in total. The molecule has 0 saturated heterocycles. The predicted molar refractivity (Wildman–Crippen MR) is 74.5 cm³/mol. The van der Waals surface area contributed by atoms with Gasteiger partial charge in [-0.2, -0.15) is 5.10 Å². The summed E-state index contributed by atoms with van der Waals surface area (Å²) in [4.78, 5) is 0. The maximum absolute atomic E-state index is 6.19. The minimum absolute atomic E-state index is 0.513. The molecule has 4 heteroatoms. The summed E-state index contributed by atoms with van der Waals surface area (Å²) in [5, 5.41) is 5.49. The minimum Gasteiger partial charge on any atom is -0.238 e. The van der Waals surface area contributed by atoms with E-state index in [-0.39, 0.29) is 0 Å². The molecule has 0 fully saturated rings. The summed E-state index contributed by atoms with van der Waals surface area (Å²) in [6.45, 7) is 0. The highest BCUT2D eigenvalue weighted by Gasteiger charge is 2.08. The highest BCUT2D eigenvalue weighted by Crippen LogP contribution is 2.24. The first-order valence-corrected chi connectivity index (χ1v) is 6.36. The highest BCUT2D eigenvalue weighted by molar-refractivity contribution is 6.34. The van der Waals surface area contributed by atoms with E-state index in [9.17, 15) is 0 Å². The maximum atomic E-state index is 6.19. The van der Waals surface area contributed by atoms with Crippen LogP contribution in [0.4, 0.5) is 0 Å². The predicted octanol–water partition coefficient (Wildman–Crippen LogP) is 4.23. The third-order valence-electron chi connectivity index (χ3n) is 2.86. The zero-order valence-electron chi connectivity index (χ0n) is 9.48. The quantitative estimate of drug-likeness (QED) is 0.685. The lowest BCUT2D eigenvalue weighted by Gasteiger charge is -2.05. The van der Waals surface area contributed by atoms with E-state index in [1.807, 2.05) is 30.3 Å². The van der Waals surface area contributed by atoms with Gasteiger partial charge in [-0.1, -0.05) is 53.5 Å². The number of hydrogen-bond acceptors (Lipinski definition) is 1. The van der Waals surface area contributed by atoms with Gasteiger partial charge >= 0.3 is 0 Å². The third kappa shape index (κ3) is 2.09. The zero-order chi connectivity index (χ0) is 12.5. The molecular weight excluding hydrogens is 267 g/mol. The van der Waals surface area contributed by atoms with Gasteiger partial charge in [-0.3, -0.25) is 0 Å². The fraction of sp³-hybridized carbons (Fsp3) is 0.0714. The van der Waals surface area contributed by atoms with Gasteiger partial charge in [-0.25, -0.2) is 4.52 Å². The van der Waals surface area contributed by atoms with E-state index in [1.54, 1.807) is 10.7 Å². The number of halogens is 2. The summed E-state index contributed by atoms with van der Waals surface area (Å²) in [7, 11) is 0. The Balaban J connectivity index is 2.06. The average Bonchev–Trinajstić information content (AvgIpc) is 2.73. The van der Waals surface area contributed by atoms with Crippen LogP contribution < -0.4 is 0 Å². The van der Waals surface area contributed by atoms with Gasteiger partial charge in [0.25, 0.3) is 0 Å². The first kappa shape index (κ1) is 11.6. The number of benzene rings is 1. The van der Waals surface area contributed by atoms with Gasteiger partial charge in [0.2, 0.25) is 0 Å². The monoisotopic (exact) mass is 276 g/mol. The molecule has 0 amide bonds. The molecule has 0 unspecified atom stereocenters. The Kier molecular flexibility index (Phi) is 2.98. The second-order valence-corrected chi connectivity index (χ2v) is 4.88. The van der Waals surface area contributed by atoms with E-state index in [4.69, 9.17) is 23.2 Å². The van der Waals surface area contributed by atoms with Crippen molar-refractivity contribution in [1.29, 1.82) is 0 Å². The lowest BCUT2D eigenvalue weighted by molar-refractivity contribution is 0.923. The van der Waals surface area contributed by atoms with Crippen molar-refractivity contribution < 1.29 is 0 Å². The van der Waals surface area contributed by atoms with Crippen LogP contribution in [0.25, 0.3) is 5.52 Å². The molecule has 0 saturated carbocycles. The summed E-state index contributed by atoms with van der Waals surface area (Å²) in [5.41, 5.74) is 3.07. The van der Waals surface area contributed by atoms with Gasteiger partial charge in [0, 0.05) is 12.6 Å². The van der Waals surface area contributed by atoms with Crippen LogP contribution in [0, 0.1) is 0 Å². The Morgan fingerprint density at radius 3 is 2.61 bits per heavy atom. The van der Waals surface area contributed by atoms with Crippen LogP contribution in [0.3, 0.4) is 0 Å². The second-order valence-electron chi connectivity index (χ2n) is 4.12. The Hall–Kier alpha value is -1.51. The Bertz CT molecular complexity index is 690. The van der Waals surface area contributed by atoms with Gasteiger partial charge < -0.3 is 0 Å². The fourth-order valence-electron chi connectivity index (χ4n) is 1.96. The van der Waals surface area contributed by atoms with E-state index < -0.39 is 0 Å². The molecule has 0 aliphatic rings. The molecule has 0 atom stereocenters. The number of nitrogens with zero attached hydrogens (tertiary/aromatic N) is 2. The first-order valence-electron chi connectivity index (χ1n) is 5.60. The van der Waals surface area contributed by atoms with Crippen LogP contribution in [0.2, 0.25) is 10.2 Å². The van der Waals surface area contributed by atoms with Crippen LogP contribution in [0.15, 0.2) is 48.7 Å². The largest absolute Gasteiger partial charge is 0.238 e. The molecule has 0 bridgehead atoms. The molecule has 2 heterocycles. The standard InChI is InChI=1S/C14H10Cl2N2/c15-12-6-7-18-13(12)9-11(14(16)17-18)8-10-4-2-1-3-5-10/h1-7,9H,8H2. The normalized spacial score (nSPS) is 11.0. The van der Waals surface area contributed by atoms with Crippen molar-refractivity contribution in [3.63, 3.8) is 0 Å². The van der Waals surface area contributed by atoms with Crippen LogP contribution in [-0.4, -0.2) is 9.61 Å². The zero-order valence-corrected chi connectivity index (χ0v) is 11.0. The van der Waals surface area contributed by atoms with Crippen molar-refractivity contribution in [2.45, 2.75) is 6.42 Å². The van der Waals surface area contributed by atoms with Crippen molar-refractivity contribution >= 4 is 28.7 Å². The molecule has 18 heavy (non-hydrogen) atoms. The van der Waals surface area contributed by atoms with Crippen LogP contribution in [-0.2, 0) is 6.42 Å². The van der Waals surface area contributed by atoms with Gasteiger partial charge in [-0.05, 0) is 23.3 Å². The Morgan fingerprint density at radius 2 is 1.83 bits per heavy atom. The summed E-state index contributed by atoms with van der Waals surface area (Å²) >= 11 is 12.3. The number of rotatable bonds is 2. The van der Waals surface area contributed by atoms with Crippen molar-refractivity contribution in [2.24, 2.45) is 0 Å². The number of hydrogen-bond donors (Lipinski definition) is 0. The smallest absolute Gasteiger partial charge is 0.153 e. The number of fused-ring (bicyclic) bond motifs is 1. The van der Waals surface area contributed by atoms with Crippen molar-refractivity contribution in [2.75, 3.05) is 0 Å². The molecule has 3 rings (SSSR count). The van der Waals surface area contributed by atoms with E-state index in [0.717, 1.165) is 17.5 Å². The topological polar surface area (TPSA) is 17.3 Å².